The van der Waals surface area contributed by atoms with E-state index in [9.17, 15) is 0 Å². The van der Waals surface area contributed by atoms with Crippen LogP contribution in [-0.2, 0) is 6.54 Å². The van der Waals surface area contributed by atoms with Crippen molar-refractivity contribution in [1.29, 1.82) is 0 Å². The summed E-state index contributed by atoms with van der Waals surface area (Å²) in [7, 11) is 1.60. The monoisotopic (exact) mass is 339 g/mol. The van der Waals surface area contributed by atoms with Gasteiger partial charge in [0.2, 0.25) is 0 Å². The molecule has 118 valence electrons. The number of hydrogen-bond donors (Lipinski definition) is 1. The first-order valence-electron chi connectivity index (χ1n) is 7.05. The zero-order chi connectivity index (χ0) is 16.1. The third-order valence-electron chi connectivity index (χ3n) is 3.33. The van der Waals surface area contributed by atoms with E-state index in [4.69, 9.17) is 32.7 Å². The molecule has 0 aliphatic carbocycles. The quantitative estimate of drug-likeness (QED) is 0.772. The summed E-state index contributed by atoms with van der Waals surface area (Å²) < 4.78 is 10.9. The lowest BCUT2D eigenvalue weighted by molar-refractivity contribution is 0.311. The minimum Gasteiger partial charge on any atom is -0.493 e. The molecule has 5 heteroatoms. The van der Waals surface area contributed by atoms with Gasteiger partial charge in [-0.25, -0.2) is 0 Å². The Bertz CT molecular complexity index is 659. The minimum atomic E-state index is 0.537. The van der Waals surface area contributed by atoms with Crippen molar-refractivity contribution in [3.63, 3.8) is 0 Å². The van der Waals surface area contributed by atoms with Gasteiger partial charge in [0.25, 0.3) is 0 Å². The lowest BCUT2D eigenvalue weighted by atomic mass is 10.1. The first-order chi connectivity index (χ1) is 10.6. The number of nitrogens with one attached hydrogen (secondary N) is 1. The van der Waals surface area contributed by atoms with Gasteiger partial charge in [0.15, 0.2) is 11.5 Å². The molecule has 2 aromatic rings. The molecule has 0 aliphatic rings. The fraction of sp³-hybridized carbons (Fsp3) is 0.294. The van der Waals surface area contributed by atoms with Crippen molar-refractivity contribution in [3.8, 4) is 11.5 Å². The van der Waals surface area contributed by atoms with Gasteiger partial charge in [0.05, 0.1) is 18.7 Å². The number of halogens is 2. The van der Waals surface area contributed by atoms with Gasteiger partial charge in [0.1, 0.15) is 0 Å². The second-order valence-corrected chi connectivity index (χ2v) is 5.62. The molecule has 0 fully saturated rings. The summed E-state index contributed by atoms with van der Waals surface area (Å²) in [5.41, 5.74) is 3.02. The van der Waals surface area contributed by atoms with Crippen molar-refractivity contribution in [1.82, 2.24) is 0 Å². The lowest BCUT2D eigenvalue weighted by Gasteiger charge is -2.15. The summed E-state index contributed by atoms with van der Waals surface area (Å²) in [5, 5.41) is 4.65. The average molecular weight is 340 g/mol. The van der Waals surface area contributed by atoms with E-state index < -0.39 is 0 Å². The van der Waals surface area contributed by atoms with Crippen LogP contribution in [-0.4, -0.2) is 13.7 Å². The fourth-order valence-corrected chi connectivity index (χ4v) is 2.62. The second-order valence-electron chi connectivity index (χ2n) is 4.81. The highest BCUT2D eigenvalue weighted by Gasteiger charge is 2.12. The Morgan fingerprint density at radius 2 is 1.91 bits per heavy atom. The normalized spacial score (nSPS) is 10.4. The Morgan fingerprint density at radius 3 is 2.59 bits per heavy atom. The smallest absolute Gasteiger partial charge is 0.179 e. The number of benzene rings is 2. The number of methoxy groups -OCH3 is 1. The van der Waals surface area contributed by atoms with Gasteiger partial charge in [-0.05, 0) is 49.2 Å². The maximum atomic E-state index is 6.28. The van der Waals surface area contributed by atoms with Crippen LogP contribution in [0, 0.1) is 6.92 Å². The van der Waals surface area contributed by atoms with Gasteiger partial charge < -0.3 is 14.8 Å². The molecule has 0 amide bonds. The van der Waals surface area contributed by atoms with Crippen LogP contribution in [0.4, 0.5) is 5.69 Å². The largest absolute Gasteiger partial charge is 0.493 e. The zero-order valence-corrected chi connectivity index (χ0v) is 14.4. The molecular formula is C17H19Cl2NO2. The molecule has 0 saturated carbocycles. The van der Waals surface area contributed by atoms with Crippen LogP contribution in [0.2, 0.25) is 10.0 Å². The Kier molecular flexibility index (Phi) is 5.81. The number of hydrogen-bond acceptors (Lipinski definition) is 3. The second kappa shape index (κ2) is 7.61. The van der Waals surface area contributed by atoms with E-state index in [1.807, 2.05) is 44.2 Å². The lowest BCUT2D eigenvalue weighted by Crippen LogP contribution is -2.03. The van der Waals surface area contributed by atoms with Crippen LogP contribution in [0.15, 0.2) is 30.3 Å². The molecule has 0 spiro atoms. The first kappa shape index (κ1) is 16.8. The van der Waals surface area contributed by atoms with Crippen LogP contribution in [0.5, 0.6) is 11.5 Å². The summed E-state index contributed by atoms with van der Waals surface area (Å²) in [6.07, 6.45) is 0. The summed E-state index contributed by atoms with van der Waals surface area (Å²) >= 11 is 12.4. The van der Waals surface area contributed by atoms with Gasteiger partial charge in [-0.2, -0.15) is 0 Å². The Balaban J connectivity index is 2.20. The molecule has 3 nitrogen and oxygen atoms in total. The maximum absolute atomic E-state index is 6.28. The van der Waals surface area contributed by atoms with E-state index in [0.717, 1.165) is 21.8 Å². The molecule has 0 unspecified atom stereocenters. The van der Waals surface area contributed by atoms with Crippen LogP contribution in [0.3, 0.4) is 0 Å². The molecule has 0 aliphatic heterocycles. The van der Waals surface area contributed by atoms with E-state index in [2.05, 4.69) is 5.32 Å². The topological polar surface area (TPSA) is 30.5 Å². The average Bonchev–Trinajstić information content (AvgIpc) is 2.51. The molecule has 0 aromatic heterocycles. The Hall–Kier alpha value is -1.58. The van der Waals surface area contributed by atoms with Gasteiger partial charge in [-0.15, -0.1) is 0 Å². The van der Waals surface area contributed by atoms with Gasteiger partial charge in [-0.1, -0.05) is 29.3 Å². The van der Waals surface area contributed by atoms with E-state index in [0.29, 0.717) is 29.7 Å². The van der Waals surface area contributed by atoms with E-state index in [1.165, 1.54) is 0 Å². The van der Waals surface area contributed by atoms with Crippen LogP contribution >= 0.6 is 23.2 Å². The Labute approximate surface area is 141 Å². The first-order valence-corrected chi connectivity index (χ1v) is 7.80. The fourth-order valence-electron chi connectivity index (χ4n) is 2.16. The molecule has 0 heterocycles. The molecule has 1 N–H and O–H groups in total. The standard InChI is InChI=1S/C17H19Cl2NO2/c1-4-22-17-14(19)8-12(9-16(17)21-3)10-20-15-7-5-6-13(18)11(15)2/h5-9,20H,4,10H2,1-3H3. The Morgan fingerprint density at radius 1 is 1.14 bits per heavy atom. The third-order valence-corrected chi connectivity index (χ3v) is 4.02. The van der Waals surface area contributed by atoms with Crippen molar-refractivity contribution in [2.75, 3.05) is 19.0 Å². The molecule has 0 atom stereocenters. The molecule has 0 saturated heterocycles. The molecular weight excluding hydrogens is 321 g/mol. The van der Waals surface area contributed by atoms with Crippen molar-refractivity contribution in [3.05, 3.63) is 51.5 Å². The molecule has 22 heavy (non-hydrogen) atoms. The van der Waals surface area contributed by atoms with Crippen LogP contribution in [0.25, 0.3) is 0 Å². The van der Waals surface area contributed by atoms with E-state index in [-0.39, 0.29) is 0 Å². The minimum absolute atomic E-state index is 0.537. The summed E-state index contributed by atoms with van der Waals surface area (Å²) in [6, 6.07) is 9.59. The number of ether oxygens (including phenoxy) is 2. The molecule has 0 bridgehead atoms. The maximum Gasteiger partial charge on any atom is 0.179 e. The highest BCUT2D eigenvalue weighted by molar-refractivity contribution is 6.32. The molecule has 0 radical (unpaired) electrons. The summed E-state index contributed by atoms with van der Waals surface area (Å²) in [6.45, 7) is 5.04. The van der Waals surface area contributed by atoms with E-state index >= 15 is 0 Å². The van der Waals surface area contributed by atoms with Crippen molar-refractivity contribution in [2.45, 2.75) is 20.4 Å². The zero-order valence-electron chi connectivity index (χ0n) is 12.9. The third kappa shape index (κ3) is 3.79. The molecule has 2 aromatic carbocycles. The van der Waals surface area contributed by atoms with Gasteiger partial charge in [-0.3, -0.25) is 0 Å². The van der Waals surface area contributed by atoms with Crippen molar-refractivity contribution < 1.29 is 9.47 Å². The highest BCUT2D eigenvalue weighted by Crippen LogP contribution is 2.36. The number of rotatable bonds is 6. The van der Waals surface area contributed by atoms with Gasteiger partial charge >= 0.3 is 0 Å². The number of anilines is 1. The van der Waals surface area contributed by atoms with Crippen LogP contribution < -0.4 is 14.8 Å². The summed E-state index contributed by atoms with van der Waals surface area (Å²) in [5.74, 6) is 1.21. The van der Waals surface area contributed by atoms with E-state index in [1.54, 1.807) is 7.11 Å². The highest BCUT2D eigenvalue weighted by atomic mass is 35.5. The predicted molar refractivity (Wildman–Crippen MR) is 92.7 cm³/mol. The predicted octanol–water partition coefficient (Wildman–Crippen LogP) is 5.32. The SMILES string of the molecule is CCOc1c(Cl)cc(CNc2cccc(Cl)c2C)cc1OC. The molecule has 2 rings (SSSR count). The summed E-state index contributed by atoms with van der Waals surface area (Å²) in [4.78, 5) is 0. The van der Waals surface area contributed by atoms with Crippen molar-refractivity contribution >= 4 is 28.9 Å². The van der Waals surface area contributed by atoms with Gasteiger partial charge in [0, 0.05) is 17.3 Å². The van der Waals surface area contributed by atoms with Crippen LogP contribution in [0.1, 0.15) is 18.1 Å². The van der Waals surface area contributed by atoms with Crippen molar-refractivity contribution in [2.24, 2.45) is 0 Å².